The Labute approximate surface area is 190 Å². The molecule has 166 valence electrons. The van der Waals surface area contributed by atoms with Gasteiger partial charge in [-0.2, -0.15) is 0 Å². The normalized spacial score (nSPS) is 12.6. The molecule has 0 radical (unpaired) electrons. The number of carbonyl (C=O) groups is 2. The summed E-state index contributed by atoms with van der Waals surface area (Å²) in [5, 5.41) is 7.72. The predicted octanol–water partition coefficient (Wildman–Crippen LogP) is 3.41. The SMILES string of the molecule is Cc1ccc([C@@H]([NH2+][C@@H](C)C(=O)NCC(=O)Nc2c(C)cccc2C)c2ccccc2)cc1. The summed E-state index contributed by atoms with van der Waals surface area (Å²) in [5.41, 5.74) is 6.25. The molecule has 5 nitrogen and oxygen atoms in total. The van der Waals surface area contributed by atoms with E-state index in [0.29, 0.717) is 0 Å². The van der Waals surface area contributed by atoms with Gasteiger partial charge in [-0.1, -0.05) is 78.4 Å². The maximum absolute atomic E-state index is 12.8. The number of benzene rings is 3. The lowest BCUT2D eigenvalue weighted by molar-refractivity contribution is -0.704. The summed E-state index contributed by atoms with van der Waals surface area (Å²) in [5.74, 6) is -0.407. The number of para-hydroxylation sites is 1. The molecule has 0 aliphatic carbocycles. The molecular weight excluding hydrogens is 398 g/mol. The molecule has 0 saturated carbocycles. The molecular formula is C27H32N3O2+. The van der Waals surface area contributed by atoms with E-state index in [0.717, 1.165) is 27.9 Å². The van der Waals surface area contributed by atoms with E-state index in [2.05, 4.69) is 54.0 Å². The lowest BCUT2D eigenvalue weighted by Crippen LogP contribution is -2.92. The van der Waals surface area contributed by atoms with Crippen molar-refractivity contribution in [2.45, 2.75) is 39.8 Å². The molecule has 0 spiro atoms. The van der Waals surface area contributed by atoms with Crippen LogP contribution >= 0.6 is 0 Å². The molecule has 0 unspecified atom stereocenters. The molecule has 0 bridgehead atoms. The third-order valence-corrected chi connectivity index (χ3v) is 5.66. The molecule has 2 amide bonds. The van der Waals surface area contributed by atoms with Gasteiger partial charge in [-0.05, 0) is 38.8 Å². The maximum atomic E-state index is 12.8. The van der Waals surface area contributed by atoms with Crippen LogP contribution in [-0.2, 0) is 9.59 Å². The van der Waals surface area contributed by atoms with E-state index in [9.17, 15) is 9.59 Å². The Bertz CT molecular complexity index is 1040. The van der Waals surface area contributed by atoms with Gasteiger partial charge in [0.1, 0.15) is 6.04 Å². The van der Waals surface area contributed by atoms with E-state index in [1.54, 1.807) is 0 Å². The molecule has 32 heavy (non-hydrogen) atoms. The second-order valence-electron chi connectivity index (χ2n) is 8.31. The van der Waals surface area contributed by atoms with Gasteiger partial charge in [-0.15, -0.1) is 0 Å². The van der Waals surface area contributed by atoms with E-state index in [-0.39, 0.29) is 30.4 Å². The van der Waals surface area contributed by atoms with Gasteiger partial charge in [0.2, 0.25) is 5.91 Å². The lowest BCUT2D eigenvalue weighted by atomic mass is 9.97. The first kappa shape index (κ1) is 23.2. The minimum absolute atomic E-state index is 0.0130. The Morgan fingerprint density at radius 1 is 0.812 bits per heavy atom. The first-order valence-corrected chi connectivity index (χ1v) is 11.0. The second-order valence-corrected chi connectivity index (χ2v) is 8.31. The van der Waals surface area contributed by atoms with Gasteiger partial charge in [-0.25, -0.2) is 0 Å². The zero-order valence-corrected chi connectivity index (χ0v) is 19.2. The van der Waals surface area contributed by atoms with E-state index in [4.69, 9.17) is 0 Å². The quantitative estimate of drug-likeness (QED) is 0.512. The number of aryl methyl sites for hydroxylation is 3. The first-order chi connectivity index (χ1) is 15.3. The number of carbonyl (C=O) groups excluding carboxylic acids is 2. The molecule has 0 fully saturated rings. The summed E-state index contributed by atoms with van der Waals surface area (Å²) < 4.78 is 0. The molecule has 0 heterocycles. The fourth-order valence-electron chi connectivity index (χ4n) is 3.75. The van der Waals surface area contributed by atoms with Crippen LogP contribution in [0.1, 0.15) is 40.8 Å². The third-order valence-electron chi connectivity index (χ3n) is 5.66. The minimum Gasteiger partial charge on any atom is -0.342 e. The topological polar surface area (TPSA) is 74.8 Å². The van der Waals surface area contributed by atoms with Crippen LogP contribution in [0, 0.1) is 20.8 Å². The summed E-state index contributed by atoms with van der Waals surface area (Å²) >= 11 is 0. The highest BCUT2D eigenvalue weighted by atomic mass is 16.2. The van der Waals surface area contributed by atoms with E-state index < -0.39 is 0 Å². The number of hydrogen-bond acceptors (Lipinski definition) is 2. The van der Waals surface area contributed by atoms with Gasteiger partial charge >= 0.3 is 0 Å². The fraction of sp³-hybridized carbons (Fsp3) is 0.259. The molecule has 0 saturated heterocycles. The Balaban J connectivity index is 1.63. The Morgan fingerprint density at radius 3 is 2.03 bits per heavy atom. The Morgan fingerprint density at radius 2 is 1.41 bits per heavy atom. The third kappa shape index (κ3) is 6.05. The van der Waals surface area contributed by atoms with Gasteiger partial charge in [0.25, 0.3) is 5.91 Å². The molecule has 3 aromatic rings. The van der Waals surface area contributed by atoms with Crippen molar-refractivity contribution in [1.29, 1.82) is 0 Å². The maximum Gasteiger partial charge on any atom is 0.278 e. The van der Waals surface area contributed by atoms with E-state index >= 15 is 0 Å². The van der Waals surface area contributed by atoms with Crippen molar-refractivity contribution in [2.24, 2.45) is 0 Å². The highest BCUT2D eigenvalue weighted by molar-refractivity contribution is 5.96. The zero-order valence-electron chi connectivity index (χ0n) is 19.2. The molecule has 3 aromatic carbocycles. The average Bonchev–Trinajstić information content (AvgIpc) is 2.79. The number of amides is 2. The van der Waals surface area contributed by atoms with Gasteiger partial charge in [0, 0.05) is 16.8 Å². The molecule has 5 heteroatoms. The fourth-order valence-corrected chi connectivity index (χ4v) is 3.75. The summed E-state index contributed by atoms with van der Waals surface area (Å²) in [6, 6.07) is 24.0. The monoisotopic (exact) mass is 430 g/mol. The van der Waals surface area contributed by atoms with Crippen LogP contribution in [0.4, 0.5) is 5.69 Å². The highest BCUT2D eigenvalue weighted by Gasteiger charge is 2.25. The van der Waals surface area contributed by atoms with Gasteiger partial charge in [0.15, 0.2) is 6.04 Å². The van der Waals surface area contributed by atoms with Gasteiger partial charge in [-0.3, -0.25) is 9.59 Å². The largest absolute Gasteiger partial charge is 0.342 e. The van der Waals surface area contributed by atoms with Crippen molar-refractivity contribution in [2.75, 3.05) is 11.9 Å². The molecule has 3 rings (SSSR count). The Hall–Kier alpha value is -3.44. The summed E-state index contributed by atoms with van der Waals surface area (Å²) in [7, 11) is 0. The Kier molecular flexibility index (Phi) is 7.79. The molecule has 0 aromatic heterocycles. The smallest absolute Gasteiger partial charge is 0.278 e. The summed E-state index contributed by atoms with van der Waals surface area (Å²) in [6.45, 7) is 7.76. The lowest BCUT2D eigenvalue weighted by Gasteiger charge is -2.21. The highest BCUT2D eigenvalue weighted by Crippen LogP contribution is 2.20. The van der Waals surface area contributed by atoms with Crippen molar-refractivity contribution >= 4 is 17.5 Å². The van der Waals surface area contributed by atoms with Crippen LogP contribution in [-0.4, -0.2) is 24.4 Å². The van der Waals surface area contributed by atoms with Crippen molar-refractivity contribution in [1.82, 2.24) is 5.32 Å². The van der Waals surface area contributed by atoms with E-state index in [1.807, 2.05) is 62.5 Å². The van der Waals surface area contributed by atoms with Crippen molar-refractivity contribution in [3.8, 4) is 0 Å². The van der Waals surface area contributed by atoms with Gasteiger partial charge < -0.3 is 16.0 Å². The van der Waals surface area contributed by atoms with Crippen LogP contribution in [0.25, 0.3) is 0 Å². The number of nitrogens with two attached hydrogens (primary N) is 1. The van der Waals surface area contributed by atoms with Crippen molar-refractivity contribution in [3.05, 3.63) is 101 Å². The van der Waals surface area contributed by atoms with Crippen LogP contribution < -0.4 is 16.0 Å². The molecule has 4 N–H and O–H groups in total. The summed E-state index contributed by atoms with van der Waals surface area (Å²) in [4.78, 5) is 25.2. The van der Waals surface area contributed by atoms with Gasteiger partial charge in [0.05, 0.1) is 6.54 Å². The minimum atomic E-state index is -0.366. The predicted molar refractivity (Wildman–Crippen MR) is 128 cm³/mol. The molecule has 0 aliphatic heterocycles. The van der Waals surface area contributed by atoms with Crippen molar-refractivity contribution < 1.29 is 14.9 Å². The number of nitrogens with one attached hydrogen (secondary N) is 2. The standard InChI is InChI=1S/C27H31N3O2/c1-18-13-15-23(16-14-18)26(22-11-6-5-7-12-22)29-21(4)27(32)28-17-24(31)30-25-19(2)9-8-10-20(25)3/h5-16,21,26,29H,17H2,1-4H3,(H,28,32)(H,30,31)/p+1/t21-,26-/m0/s1. The van der Waals surface area contributed by atoms with Crippen LogP contribution in [0.5, 0.6) is 0 Å². The van der Waals surface area contributed by atoms with Crippen LogP contribution in [0.2, 0.25) is 0 Å². The second kappa shape index (κ2) is 10.7. The first-order valence-electron chi connectivity index (χ1n) is 11.0. The van der Waals surface area contributed by atoms with Crippen molar-refractivity contribution in [3.63, 3.8) is 0 Å². The zero-order chi connectivity index (χ0) is 23.1. The number of anilines is 1. The van der Waals surface area contributed by atoms with E-state index in [1.165, 1.54) is 5.56 Å². The number of quaternary nitrogens is 1. The van der Waals surface area contributed by atoms with Crippen LogP contribution in [0.3, 0.4) is 0 Å². The number of hydrogen-bond donors (Lipinski definition) is 3. The molecule has 2 atom stereocenters. The average molecular weight is 431 g/mol. The van der Waals surface area contributed by atoms with Crippen LogP contribution in [0.15, 0.2) is 72.8 Å². The molecule has 0 aliphatic rings. The summed E-state index contributed by atoms with van der Waals surface area (Å²) in [6.07, 6.45) is 0. The number of rotatable bonds is 8.